The van der Waals surface area contributed by atoms with E-state index in [1.54, 1.807) is 0 Å². The first-order valence-corrected chi connectivity index (χ1v) is 9.44. The maximum Gasteiger partial charge on any atom is 0.0766 e. The van der Waals surface area contributed by atoms with Crippen molar-refractivity contribution in [3.05, 3.63) is 15.9 Å². The van der Waals surface area contributed by atoms with E-state index in [1.165, 1.54) is 55.1 Å². The van der Waals surface area contributed by atoms with Gasteiger partial charge in [-0.2, -0.15) is 5.10 Å². The van der Waals surface area contributed by atoms with Crippen LogP contribution in [0, 0.1) is 5.92 Å². The summed E-state index contributed by atoms with van der Waals surface area (Å²) >= 11 is 3.73. The quantitative estimate of drug-likeness (QED) is 0.765. The Morgan fingerprint density at radius 1 is 1.24 bits per heavy atom. The Labute approximate surface area is 137 Å². The first kappa shape index (κ1) is 17.0. The first-order valence-electron chi connectivity index (χ1n) is 8.65. The van der Waals surface area contributed by atoms with Crippen molar-refractivity contribution in [2.24, 2.45) is 11.7 Å². The van der Waals surface area contributed by atoms with Crippen molar-refractivity contribution in [2.75, 3.05) is 0 Å². The molecule has 120 valence electrons. The molecule has 1 saturated carbocycles. The molecule has 1 heterocycles. The second-order valence-electron chi connectivity index (χ2n) is 6.43. The molecule has 2 N–H and O–H groups in total. The highest BCUT2D eigenvalue weighted by atomic mass is 79.9. The number of halogens is 1. The van der Waals surface area contributed by atoms with Crippen LogP contribution in [0.4, 0.5) is 0 Å². The van der Waals surface area contributed by atoms with Gasteiger partial charge in [-0.15, -0.1) is 0 Å². The van der Waals surface area contributed by atoms with Gasteiger partial charge >= 0.3 is 0 Å². The maximum absolute atomic E-state index is 6.47. The van der Waals surface area contributed by atoms with Crippen molar-refractivity contribution in [3.8, 4) is 0 Å². The molecule has 1 unspecified atom stereocenters. The summed E-state index contributed by atoms with van der Waals surface area (Å²) < 4.78 is 3.30. The van der Waals surface area contributed by atoms with Gasteiger partial charge in [-0.05, 0) is 41.6 Å². The molecule has 1 aromatic rings. The smallest absolute Gasteiger partial charge is 0.0766 e. The summed E-state index contributed by atoms with van der Waals surface area (Å²) in [6.07, 6.45) is 11.5. The van der Waals surface area contributed by atoms with Gasteiger partial charge in [0.15, 0.2) is 0 Å². The maximum atomic E-state index is 6.47. The Bertz CT molecular complexity index is 433. The largest absolute Gasteiger partial charge is 0.327 e. The van der Waals surface area contributed by atoms with Crippen molar-refractivity contribution >= 4 is 15.9 Å². The van der Waals surface area contributed by atoms with Gasteiger partial charge in [-0.3, -0.25) is 4.68 Å². The monoisotopic (exact) mass is 355 g/mol. The van der Waals surface area contributed by atoms with Gasteiger partial charge in [0.2, 0.25) is 0 Å². The summed E-state index contributed by atoms with van der Waals surface area (Å²) in [5, 5.41) is 4.68. The molecule has 0 aliphatic heterocycles. The summed E-state index contributed by atoms with van der Waals surface area (Å²) in [6.45, 7) is 5.23. The first-order chi connectivity index (χ1) is 10.2. The van der Waals surface area contributed by atoms with E-state index in [0.717, 1.165) is 31.0 Å². The lowest BCUT2D eigenvalue weighted by atomic mass is 9.91. The number of aromatic nitrogens is 2. The number of nitrogens with two attached hydrogens (primary N) is 1. The lowest BCUT2D eigenvalue weighted by Crippen LogP contribution is -2.27. The average molecular weight is 356 g/mol. The van der Waals surface area contributed by atoms with Gasteiger partial charge < -0.3 is 5.73 Å². The van der Waals surface area contributed by atoms with E-state index in [1.807, 2.05) is 0 Å². The third-order valence-corrected chi connectivity index (χ3v) is 5.68. The minimum atomic E-state index is 0.260. The van der Waals surface area contributed by atoms with Crippen LogP contribution in [0.15, 0.2) is 4.47 Å². The third kappa shape index (κ3) is 4.56. The van der Waals surface area contributed by atoms with Crippen LogP contribution in [0.5, 0.6) is 0 Å². The van der Waals surface area contributed by atoms with Crippen molar-refractivity contribution in [1.82, 2.24) is 9.78 Å². The summed E-state index contributed by atoms with van der Waals surface area (Å²) in [6, 6.07) is 0.260. The van der Waals surface area contributed by atoms with Gasteiger partial charge in [0, 0.05) is 19.0 Å². The topological polar surface area (TPSA) is 43.8 Å². The molecule has 4 heteroatoms. The minimum absolute atomic E-state index is 0.260. The van der Waals surface area contributed by atoms with E-state index < -0.39 is 0 Å². The molecule has 0 bridgehead atoms. The van der Waals surface area contributed by atoms with Crippen LogP contribution in [0.3, 0.4) is 0 Å². The Morgan fingerprint density at radius 3 is 2.48 bits per heavy atom. The zero-order valence-electron chi connectivity index (χ0n) is 13.6. The van der Waals surface area contributed by atoms with Gasteiger partial charge in [0.05, 0.1) is 15.9 Å². The number of nitrogens with zero attached hydrogens (tertiary/aromatic N) is 2. The van der Waals surface area contributed by atoms with E-state index in [4.69, 9.17) is 5.73 Å². The lowest BCUT2D eigenvalue weighted by molar-refractivity contribution is 0.383. The molecule has 1 aromatic heterocycles. The minimum Gasteiger partial charge on any atom is -0.327 e. The molecular formula is C17H30BrN3. The molecule has 1 aliphatic carbocycles. The Kier molecular flexibility index (Phi) is 6.74. The number of aryl methyl sites for hydroxylation is 2. The van der Waals surface area contributed by atoms with Crippen molar-refractivity contribution in [3.63, 3.8) is 0 Å². The average Bonchev–Trinajstić information content (AvgIpc) is 2.66. The predicted molar refractivity (Wildman–Crippen MR) is 92.5 cm³/mol. The van der Waals surface area contributed by atoms with E-state index in [2.05, 4.69) is 39.6 Å². The molecule has 1 aliphatic rings. The highest BCUT2D eigenvalue weighted by Gasteiger charge is 2.20. The lowest BCUT2D eigenvalue weighted by Gasteiger charge is -2.19. The Morgan fingerprint density at radius 2 is 1.90 bits per heavy atom. The summed E-state index contributed by atoms with van der Waals surface area (Å²) in [7, 11) is 0. The molecule has 1 fully saturated rings. The number of hydrogen-bond acceptors (Lipinski definition) is 2. The summed E-state index contributed by atoms with van der Waals surface area (Å²) in [4.78, 5) is 0. The van der Waals surface area contributed by atoms with Gasteiger partial charge in [0.1, 0.15) is 0 Å². The van der Waals surface area contributed by atoms with Crippen LogP contribution < -0.4 is 5.73 Å². The van der Waals surface area contributed by atoms with Crippen LogP contribution in [0.25, 0.3) is 0 Å². The van der Waals surface area contributed by atoms with E-state index in [9.17, 15) is 0 Å². The highest BCUT2D eigenvalue weighted by molar-refractivity contribution is 9.10. The van der Waals surface area contributed by atoms with Gasteiger partial charge in [-0.25, -0.2) is 0 Å². The Balaban J connectivity index is 1.98. The molecular weight excluding hydrogens is 326 g/mol. The summed E-state index contributed by atoms with van der Waals surface area (Å²) in [5.74, 6) is 0.838. The molecule has 0 radical (unpaired) electrons. The molecule has 0 saturated heterocycles. The fourth-order valence-corrected chi connectivity index (χ4v) is 4.30. The predicted octanol–water partition coefficient (Wildman–Crippen LogP) is 4.46. The normalized spacial score (nSPS) is 18.7. The second kappa shape index (κ2) is 8.33. The van der Waals surface area contributed by atoms with Crippen molar-refractivity contribution < 1.29 is 0 Å². The molecule has 0 aromatic carbocycles. The number of hydrogen-bond donors (Lipinski definition) is 1. The zero-order chi connectivity index (χ0) is 15.2. The Hall–Kier alpha value is -0.350. The molecule has 21 heavy (non-hydrogen) atoms. The number of rotatable bonds is 6. The third-order valence-electron chi connectivity index (χ3n) is 4.76. The van der Waals surface area contributed by atoms with E-state index in [-0.39, 0.29) is 6.04 Å². The molecule has 0 amide bonds. The van der Waals surface area contributed by atoms with Gasteiger partial charge in [-0.1, -0.05) is 45.4 Å². The SMILES string of the molecule is CCc1nn(CC)c(CC(N)CC2CCCCCC2)c1Br. The standard InChI is InChI=1S/C17H30BrN3/c1-3-15-17(18)16(21(4-2)20-15)12-14(19)11-13-9-7-5-6-8-10-13/h13-14H,3-12,19H2,1-2H3. The van der Waals surface area contributed by atoms with Crippen LogP contribution in [-0.4, -0.2) is 15.8 Å². The molecule has 1 atom stereocenters. The zero-order valence-corrected chi connectivity index (χ0v) is 15.2. The highest BCUT2D eigenvalue weighted by Crippen LogP contribution is 2.28. The second-order valence-corrected chi connectivity index (χ2v) is 7.23. The van der Waals surface area contributed by atoms with Crippen molar-refractivity contribution in [1.29, 1.82) is 0 Å². The molecule has 3 nitrogen and oxygen atoms in total. The van der Waals surface area contributed by atoms with Crippen LogP contribution in [0.1, 0.15) is 70.2 Å². The molecule has 0 spiro atoms. The van der Waals surface area contributed by atoms with E-state index >= 15 is 0 Å². The van der Waals surface area contributed by atoms with E-state index in [0.29, 0.717) is 0 Å². The van der Waals surface area contributed by atoms with Crippen LogP contribution in [0.2, 0.25) is 0 Å². The van der Waals surface area contributed by atoms with Crippen molar-refractivity contribution in [2.45, 2.75) is 84.2 Å². The molecule has 2 rings (SSSR count). The van der Waals surface area contributed by atoms with Crippen LogP contribution >= 0.6 is 15.9 Å². The fourth-order valence-electron chi connectivity index (χ4n) is 3.57. The summed E-state index contributed by atoms with van der Waals surface area (Å²) in [5.41, 5.74) is 8.92. The van der Waals surface area contributed by atoms with Gasteiger partial charge in [0.25, 0.3) is 0 Å². The van der Waals surface area contributed by atoms with Crippen LogP contribution in [-0.2, 0) is 19.4 Å². The fraction of sp³-hybridized carbons (Fsp3) is 0.824.